The third-order valence-corrected chi connectivity index (χ3v) is 5.01. The minimum Gasteiger partial charge on any atom is -0.359 e. The summed E-state index contributed by atoms with van der Waals surface area (Å²) >= 11 is 5.03. The van der Waals surface area contributed by atoms with Crippen molar-refractivity contribution in [3.63, 3.8) is 0 Å². The van der Waals surface area contributed by atoms with Gasteiger partial charge >= 0.3 is 0 Å². The number of rotatable bonds is 3. The van der Waals surface area contributed by atoms with Crippen molar-refractivity contribution in [2.75, 3.05) is 0 Å². The molecule has 2 N–H and O–H groups in total. The predicted octanol–water partition coefficient (Wildman–Crippen LogP) is 2.31. The van der Waals surface area contributed by atoms with Crippen molar-refractivity contribution in [3.8, 4) is 0 Å². The van der Waals surface area contributed by atoms with E-state index in [-0.39, 0.29) is 16.0 Å². The van der Waals surface area contributed by atoms with Gasteiger partial charge in [-0.3, -0.25) is 4.72 Å². The fourth-order valence-corrected chi connectivity index (χ4v) is 3.67. The van der Waals surface area contributed by atoms with Gasteiger partial charge in [-0.2, -0.15) is 0 Å². The Morgan fingerprint density at radius 1 is 1.15 bits per heavy atom. The molecule has 2 rings (SSSR count). The fourth-order valence-electron chi connectivity index (χ4n) is 2.26. The van der Waals surface area contributed by atoms with E-state index in [9.17, 15) is 12.8 Å². The Labute approximate surface area is 123 Å². The Morgan fingerprint density at radius 2 is 1.75 bits per heavy atom. The summed E-state index contributed by atoms with van der Waals surface area (Å²) in [6.45, 7) is 0. The highest BCUT2D eigenvalue weighted by Gasteiger charge is 2.19. The van der Waals surface area contributed by atoms with Gasteiger partial charge in [0.25, 0.3) is 10.0 Å². The van der Waals surface area contributed by atoms with Crippen LogP contribution < -0.4 is 10.0 Å². The zero-order chi connectivity index (χ0) is 14.6. The molecule has 0 radical (unpaired) electrons. The van der Waals surface area contributed by atoms with Crippen LogP contribution in [-0.4, -0.2) is 19.6 Å². The second-order valence-electron chi connectivity index (χ2n) is 4.87. The first kappa shape index (κ1) is 15.2. The molecular formula is C13H17FN2O2S2. The first-order chi connectivity index (χ1) is 9.47. The average molecular weight is 316 g/mol. The van der Waals surface area contributed by atoms with E-state index in [4.69, 9.17) is 12.2 Å². The lowest BCUT2D eigenvalue weighted by atomic mass is 9.96. The van der Waals surface area contributed by atoms with E-state index >= 15 is 0 Å². The van der Waals surface area contributed by atoms with Crippen LogP contribution in [0.5, 0.6) is 0 Å². The quantitative estimate of drug-likeness (QED) is 0.840. The molecule has 0 bridgehead atoms. The van der Waals surface area contributed by atoms with Crippen LogP contribution in [0.4, 0.5) is 4.39 Å². The van der Waals surface area contributed by atoms with E-state index in [0.717, 1.165) is 37.8 Å². The molecule has 7 heteroatoms. The molecule has 0 saturated heterocycles. The summed E-state index contributed by atoms with van der Waals surface area (Å²) in [5, 5.41) is 3.12. The number of halogens is 1. The lowest BCUT2D eigenvalue weighted by molar-refractivity contribution is 0.413. The standard InChI is InChI=1S/C13H17FN2O2S2/c14-10-6-8-12(9-7-10)20(17,18)16-13(19)15-11-4-2-1-3-5-11/h6-9,11H,1-5H2,(H2,15,16,19). The van der Waals surface area contributed by atoms with E-state index in [1.807, 2.05) is 0 Å². The van der Waals surface area contributed by atoms with E-state index in [1.54, 1.807) is 0 Å². The zero-order valence-electron chi connectivity index (χ0n) is 10.9. The molecule has 1 fully saturated rings. The summed E-state index contributed by atoms with van der Waals surface area (Å²) in [4.78, 5) is -0.00769. The summed E-state index contributed by atoms with van der Waals surface area (Å²) < 4.78 is 39.2. The molecule has 0 amide bonds. The molecular weight excluding hydrogens is 299 g/mol. The molecule has 0 unspecified atom stereocenters. The summed E-state index contributed by atoms with van der Waals surface area (Å²) in [7, 11) is -3.75. The van der Waals surface area contributed by atoms with Crippen LogP contribution in [0.25, 0.3) is 0 Å². The van der Waals surface area contributed by atoms with Crippen LogP contribution in [0.3, 0.4) is 0 Å². The predicted molar refractivity (Wildman–Crippen MR) is 79.3 cm³/mol. The maximum Gasteiger partial charge on any atom is 0.263 e. The third-order valence-electron chi connectivity index (χ3n) is 3.29. The third kappa shape index (κ3) is 4.14. The summed E-state index contributed by atoms with van der Waals surface area (Å²) in [5.74, 6) is -0.480. The van der Waals surface area contributed by atoms with Gasteiger partial charge in [0, 0.05) is 6.04 Å². The van der Waals surface area contributed by atoms with Crippen LogP contribution in [0.2, 0.25) is 0 Å². The van der Waals surface area contributed by atoms with Gasteiger partial charge in [-0.15, -0.1) is 0 Å². The van der Waals surface area contributed by atoms with Crippen molar-refractivity contribution in [2.45, 2.75) is 43.0 Å². The average Bonchev–Trinajstić information content (AvgIpc) is 2.39. The van der Waals surface area contributed by atoms with Crippen LogP contribution in [0.15, 0.2) is 29.2 Å². The molecule has 0 aromatic heterocycles. The summed E-state index contributed by atoms with van der Waals surface area (Å²) in [5.41, 5.74) is 0. The molecule has 4 nitrogen and oxygen atoms in total. The van der Waals surface area contributed by atoms with Gasteiger partial charge in [0.1, 0.15) is 5.82 Å². The lowest BCUT2D eigenvalue weighted by Crippen LogP contribution is -2.44. The minimum atomic E-state index is -3.75. The number of hydrogen-bond donors (Lipinski definition) is 2. The largest absolute Gasteiger partial charge is 0.359 e. The van der Waals surface area contributed by atoms with Crippen molar-refractivity contribution in [2.24, 2.45) is 0 Å². The fraction of sp³-hybridized carbons (Fsp3) is 0.462. The van der Waals surface area contributed by atoms with Crippen molar-refractivity contribution in [3.05, 3.63) is 30.1 Å². The van der Waals surface area contributed by atoms with Crippen molar-refractivity contribution < 1.29 is 12.8 Å². The maximum atomic E-state index is 12.8. The van der Waals surface area contributed by atoms with Crippen molar-refractivity contribution in [1.82, 2.24) is 10.0 Å². The second-order valence-corrected chi connectivity index (χ2v) is 6.96. The number of thiocarbonyl (C=S) groups is 1. The molecule has 0 atom stereocenters. The van der Waals surface area contributed by atoms with Crippen molar-refractivity contribution in [1.29, 1.82) is 0 Å². The molecule has 1 aliphatic carbocycles. The van der Waals surface area contributed by atoms with Crippen LogP contribution in [0, 0.1) is 5.82 Å². The molecule has 1 aromatic rings. The molecule has 1 aromatic carbocycles. The molecule has 20 heavy (non-hydrogen) atoms. The van der Waals surface area contributed by atoms with Crippen LogP contribution in [-0.2, 0) is 10.0 Å². The van der Waals surface area contributed by atoms with Gasteiger partial charge in [0.05, 0.1) is 4.90 Å². The number of sulfonamides is 1. The number of hydrogen-bond acceptors (Lipinski definition) is 3. The number of benzene rings is 1. The summed E-state index contributed by atoms with van der Waals surface area (Å²) in [6.07, 6.45) is 5.47. The van der Waals surface area contributed by atoms with Crippen LogP contribution in [0.1, 0.15) is 32.1 Å². The van der Waals surface area contributed by atoms with Gasteiger partial charge in [0.2, 0.25) is 0 Å². The van der Waals surface area contributed by atoms with E-state index in [2.05, 4.69) is 10.0 Å². The van der Waals surface area contributed by atoms with Gasteiger partial charge < -0.3 is 5.32 Å². The van der Waals surface area contributed by atoms with E-state index in [0.29, 0.717) is 0 Å². The highest BCUT2D eigenvalue weighted by atomic mass is 32.2. The SMILES string of the molecule is O=S(=O)(NC(=S)NC1CCCCC1)c1ccc(F)cc1. The lowest BCUT2D eigenvalue weighted by Gasteiger charge is -2.24. The molecule has 0 spiro atoms. The van der Waals surface area contributed by atoms with Gasteiger partial charge in [0.15, 0.2) is 5.11 Å². The first-order valence-corrected chi connectivity index (χ1v) is 8.45. The normalized spacial score (nSPS) is 16.6. The van der Waals surface area contributed by atoms with Gasteiger partial charge in [-0.05, 0) is 49.3 Å². The Balaban J connectivity index is 1.97. The molecule has 110 valence electrons. The molecule has 1 aliphatic rings. The molecule has 0 aliphatic heterocycles. The first-order valence-electron chi connectivity index (χ1n) is 6.56. The Kier molecular flexibility index (Phi) is 4.93. The highest BCUT2D eigenvalue weighted by molar-refractivity contribution is 7.91. The van der Waals surface area contributed by atoms with E-state index in [1.165, 1.54) is 18.6 Å². The van der Waals surface area contributed by atoms with Gasteiger partial charge in [-0.25, -0.2) is 12.8 Å². The topological polar surface area (TPSA) is 58.2 Å². The van der Waals surface area contributed by atoms with Crippen molar-refractivity contribution >= 4 is 27.4 Å². The second kappa shape index (κ2) is 6.49. The Morgan fingerprint density at radius 3 is 2.35 bits per heavy atom. The van der Waals surface area contributed by atoms with E-state index < -0.39 is 15.8 Å². The maximum absolute atomic E-state index is 12.8. The highest BCUT2D eigenvalue weighted by Crippen LogP contribution is 2.17. The van der Waals surface area contributed by atoms with Crippen LogP contribution >= 0.6 is 12.2 Å². The summed E-state index contributed by atoms with van der Waals surface area (Å²) in [6, 6.07) is 4.85. The Bertz CT molecular complexity index is 567. The zero-order valence-corrected chi connectivity index (χ0v) is 12.6. The smallest absolute Gasteiger partial charge is 0.263 e. The molecule has 1 saturated carbocycles. The van der Waals surface area contributed by atoms with Gasteiger partial charge in [-0.1, -0.05) is 19.3 Å². The monoisotopic (exact) mass is 316 g/mol. The minimum absolute atomic E-state index is 0.00769. The molecule has 0 heterocycles. The Hall–Kier alpha value is -1.21. The number of nitrogens with one attached hydrogen (secondary N) is 2.